The fourth-order valence-corrected chi connectivity index (χ4v) is 2.72. The highest BCUT2D eigenvalue weighted by molar-refractivity contribution is 5.21. The fraction of sp³-hybridized carbons (Fsp3) is 0.625. The summed E-state index contributed by atoms with van der Waals surface area (Å²) in [5.41, 5.74) is 1.40. The van der Waals surface area contributed by atoms with Crippen LogP contribution >= 0.6 is 0 Å². The van der Waals surface area contributed by atoms with Crippen molar-refractivity contribution in [2.24, 2.45) is 0 Å². The number of nitrogens with one attached hydrogen (secondary N) is 1. The monoisotopic (exact) mass is 263 g/mol. The molecule has 0 saturated carbocycles. The molecule has 1 saturated heterocycles. The van der Waals surface area contributed by atoms with E-state index in [0.29, 0.717) is 12.0 Å². The van der Waals surface area contributed by atoms with Gasteiger partial charge >= 0.3 is 0 Å². The van der Waals surface area contributed by atoms with E-state index < -0.39 is 0 Å². The molecule has 2 atom stereocenters. The first kappa shape index (κ1) is 14.5. The van der Waals surface area contributed by atoms with Crippen LogP contribution in [0.5, 0.6) is 0 Å². The number of methoxy groups -OCH3 is 1. The van der Waals surface area contributed by atoms with E-state index in [-0.39, 0.29) is 0 Å². The maximum Gasteiger partial charge on any atom is 0.0768 e. The molecule has 0 unspecified atom stereocenters. The van der Waals surface area contributed by atoms with Crippen molar-refractivity contribution in [1.29, 1.82) is 0 Å². The van der Waals surface area contributed by atoms with Crippen LogP contribution in [0.1, 0.15) is 30.7 Å². The van der Waals surface area contributed by atoms with Crippen LogP contribution in [0.15, 0.2) is 30.3 Å². The van der Waals surface area contributed by atoms with Gasteiger partial charge in [-0.05, 0) is 18.4 Å². The summed E-state index contributed by atoms with van der Waals surface area (Å²) in [6.45, 7) is 3.61. The Bertz CT molecular complexity index is 336. The predicted octanol–water partition coefficient (Wildman–Crippen LogP) is 2.58. The first-order valence-electron chi connectivity index (χ1n) is 7.28. The molecule has 3 nitrogen and oxygen atoms in total. The van der Waals surface area contributed by atoms with Crippen LogP contribution in [0.3, 0.4) is 0 Å². The van der Waals surface area contributed by atoms with Crippen molar-refractivity contribution in [3.8, 4) is 0 Å². The lowest BCUT2D eigenvalue weighted by Crippen LogP contribution is -2.41. The lowest BCUT2D eigenvalue weighted by Gasteiger charge is -2.31. The molecule has 1 aliphatic heterocycles. The fourth-order valence-electron chi connectivity index (χ4n) is 2.72. The van der Waals surface area contributed by atoms with Crippen molar-refractivity contribution in [2.75, 3.05) is 33.4 Å². The number of morpholine rings is 1. The molecule has 2 rings (SSSR count). The van der Waals surface area contributed by atoms with Crippen LogP contribution in [0, 0.1) is 0 Å². The highest BCUT2D eigenvalue weighted by atomic mass is 16.5. The summed E-state index contributed by atoms with van der Waals surface area (Å²) in [5, 5.41) is 3.44. The summed E-state index contributed by atoms with van der Waals surface area (Å²) < 4.78 is 11.1. The van der Waals surface area contributed by atoms with Gasteiger partial charge in [-0.15, -0.1) is 0 Å². The number of rotatable bonds is 7. The average molecular weight is 263 g/mol. The number of unbranched alkanes of at least 4 members (excludes halogenated alkanes) is 1. The van der Waals surface area contributed by atoms with Crippen molar-refractivity contribution in [3.63, 3.8) is 0 Å². The molecular formula is C16H25NO2. The van der Waals surface area contributed by atoms with Crippen LogP contribution in [0.25, 0.3) is 0 Å². The SMILES string of the molecule is COCCCC[C@@H](c1ccccc1)[C@H]1CNCCO1. The van der Waals surface area contributed by atoms with E-state index in [2.05, 4.69) is 35.6 Å². The van der Waals surface area contributed by atoms with Gasteiger partial charge in [-0.25, -0.2) is 0 Å². The van der Waals surface area contributed by atoms with Gasteiger partial charge in [-0.2, -0.15) is 0 Å². The Balaban J connectivity index is 1.96. The van der Waals surface area contributed by atoms with E-state index in [0.717, 1.165) is 32.7 Å². The summed E-state index contributed by atoms with van der Waals surface area (Å²) in [6, 6.07) is 10.8. The van der Waals surface area contributed by atoms with Gasteiger partial charge in [0.05, 0.1) is 12.7 Å². The molecule has 0 radical (unpaired) electrons. The number of benzene rings is 1. The van der Waals surface area contributed by atoms with Gasteiger partial charge in [-0.3, -0.25) is 0 Å². The number of ether oxygens (including phenoxy) is 2. The summed E-state index contributed by atoms with van der Waals surface area (Å²) in [4.78, 5) is 0. The zero-order chi connectivity index (χ0) is 13.3. The molecule has 1 N–H and O–H groups in total. The second-order valence-electron chi connectivity index (χ2n) is 5.12. The molecule has 1 aromatic rings. The number of hydrogen-bond donors (Lipinski definition) is 1. The molecule has 1 heterocycles. The zero-order valence-corrected chi connectivity index (χ0v) is 11.8. The van der Waals surface area contributed by atoms with Gasteiger partial charge < -0.3 is 14.8 Å². The van der Waals surface area contributed by atoms with Gasteiger partial charge in [0.2, 0.25) is 0 Å². The van der Waals surface area contributed by atoms with E-state index in [1.807, 2.05) is 0 Å². The summed E-state index contributed by atoms with van der Waals surface area (Å²) >= 11 is 0. The molecule has 0 aromatic heterocycles. The first-order chi connectivity index (χ1) is 9.42. The summed E-state index contributed by atoms with van der Waals surface area (Å²) in [7, 11) is 1.77. The van der Waals surface area contributed by atoms with E-state index in [4.69, 9.17) is 9.47 Å². The maximum atomic E-state index is 5.96. The second-order valence-corrected chi connectivity index (χ2v) is 5.12. The van der Waals surface area contributed by atoms with Gasteiger partial charge in [0.25, 0.3) is 0 Å². The standard InChI is InChI=1S/C16H25NO2/c1-18-11-6-5-9-15(14-7-3-2-4-8-14)16-13-17-10-12-19-16/h2-4,7-8,15-17H,5-6,9-13H2,1H3/t15-,16+/m0/s1. The molecule has 0 bridgehead atoms. The minimum absolute atomic E-state index is 0.304. The van der Waals surface area contributed by atoms with Crippen molar-refractivity contribution in [1.82, 2.24) is 5.32 Å². The third-order valence-corrected chi connectivity index (χ3v) is 3.75. The van der Waals surface area contributed by atoms with Gasteiger partial charge in [-0.1, -0.05) is 36.8 Å². The Morgan fingerprint density at radius 1 is 1.32 bits per heavy atom. The minimum Gasteiger partial charge on any atom is -0.385 e. The maximum absolute atomic E-state index is 5.96. The molecule has 3 heteroatoms. The number of hydrogen-bond acceptors (Lipinski definition) is 3. The highest BCUT2D eigenvalue weighted by Crippen LogP contribution is 2.28. The van der Waals surface area contributed by atoms with Crippen LogP contribution in [-0.2, 0) is 9.47 Å². The lowest BCUT2D eigenvalue weighted by molar-refractivity contribution is 0.00848. The van der Waals surface area contributed by atoms with Crippen molar-refractivity contribution in [3.05, 3.63) is 35.9 Å². The topological polar surface area (TPSA) is 30.5 Å². The Morgan fingerprint density at radius 3 is 2.84 bits per heavy atom. The van der Waals surface area contributed by atoms with Crippen LogP contribution in [0.4, 0.5) is 0 Å². The highest BCUT2D eigenvalue weighted by Gasteiger charge is 2.25. The smallest absolute Gasteiger partial charge is 0.0768 e. The van der Waals surface area contributed by atoms with Gasteiger partial charge in [0, 0.05) is 32.7 Å². The molecule has 0 amide bonds. The second kappa shape index (κ2) is 8.31. The molecule has 1 aliphatic rings. The van der Waals surface area contributed by atoms with Gasteiger partial charge in [0.15, 0.2) is 0 Å². The lowest BCUT2D eigenvalue weighted by atomic mass is 9.88. The van der Waals surface area contributed by atoms with E-state index in [1.54, 1.807) is 7.11 Å². The van der Waals surface area contributed by atoms with Crippen LogP contribution in [-0.4, -0.2) is 39.5 Å². The minimum atomic E-state index is 0.304. The average Bonchev–Trinajstić information content (AvgIpc) is 2.49. The van der Waals surface area contributed by atoms with E-state index in [1.165, 1.54) is 18.4 Å². The molecule has 106 valence electrons. The Kier molecular flexibility index (Phi) is 6.34. The van der Waals surface area contributed by atoms with Crippen molar-refractivity contribution < 1.29 is 9.47 Å². The summed E-state index contributed by atoms with van der Waals surface area (Å²) in [5.74, 6) is 0.492. The van der Waals surface area contributed by atoms with E-state index >= 15 is 0 Å². The Hall–Kier alpha value is -0.900. The van der Waals surface area contributed by atoms with Crippen LogP contribution in [0.2, 0.25) is 0 Å². The molecule has 1 fully saturated rings. The molecule has 19 heavy (non-hydrogen) atoms. The Labute approximate surface area is 116 Å². The molecular weight excluding hydrogens is 238 g/mol. The zero-order valence-electron chi connectivity index (χ0n) is 11.8. The van der Waals surface area contributed by atoms with Gasteiger partial charge in [0.1, 0.15) is 0 Å². The predicted molar refractivity (Wildman–Crippen MR) is 77.5 cm³/mol. The summed E-state index contributed by atoms with van der Waals surface area (Å²) in [6.07, 6.45) is 3.78. The largest absolute Gasteiger partial charge is 0.385 e. The third-order valence-electron chi connectivity index (χ3n) is 3.75. The Morgan fingerprint density at radius 2 is 2.16 bits per heavy atom. The van der Waals surface area contributed by atoms with Crippen LogP contribution < -0.4 is 5.32 Å². The van der Waals surface area contributed by atoms with Crippen molar-refractivity contribution in [2.45, 2.75) is 31.3 Å². The molecule has 0 aliphatic carbocycles. The normalized spacial score (nSPS) is 21.2. The molecule has 0 spiro atoms. The molecule has 1 aromatic carbocycles. The quantitative estimate of drug-likeness (QED) is 0.767. The third kappa shape index (κ3) is 4.60. The first-order valence-corrected chi connectivity index (χ1v) is 7.28. The van der Waals surface area contributed by atoms with E-state index in [9.17, 15) is 0 Å². The van der Waals surface area contributed by atoms with Crippen molar-refractivity contribution >= 4 is 0 Å².